The summed E-state index contributed by atoms with van der Waals surface area (Å²) in [5.74, 6) is 0.815. The van der Waals surface area contributed by atoms with Crippen molar-refractivity contribution in [2.45, 2.75) is 0 Å². The van der Waals surface area contributed by atoms with Crippen molar-refractivity contribution in [3.8, 4) is 168 Å². The monoisotopic (exact) mass is 1690 g/mol. The van der Waals surface area contributed by atoms with Crippen LogP contribution in [0.1, 0.15) is 13.7 Å². The normalized spacial score (nSPS) is 12.2. The van der Waals surface area contributed by atoms with Crippen LogP contribution in [-0.2, 0) is 0 Å². The van der Waals surface area contributed by atoms with Crippen LogP contribution in [0.25, 0.3) is 233 Å². The molecular weight excluding hydrogens is 1600 g/mol. The third kappa shape index (κ3) is 16.5. The summed E-state index contributed by atoms with van der Waals surface area (Å²) < 4.78 is 83.4. The van der Waals surface area contributed by atoms with E-state index in [2.05, 4.69) is 286 Å². The lowest BCUT2D eigenvalue weighted by molar-refractivity contribution is 1.18. The molecule has 0 fully saturated rings. The number of nitrogens with zero attached hydrogens (tertiary/aromatic N) is 9. The maximum absolute atomic E-state index is 8.62. The van der Waals surface area contributed by atoms with E-state index in [1.165, 1.54) is 48.7 Å². The molecule has 618 valence electrons. The van der Waals surface area contributed by atoms with Gasteiger partial charge in [-0.3, -0.25) is 15.0 Å². The summed E-state index contributed by atoms with van der Waals surface area (Å²) in [5, 5.41) is 14.2. The molecule has 0 atom stereocenters. The Kier molecular flexibility index (Phi) is 19.1. The van der Waals surface area contributed by atoms with Crippen molar-refractivity contribution in [1.82, 2.24) is 44.9 Å². The van der Waals surface area contributed by atoms with E-state index in [9.17, 15) is 0 Å². The number of fused-ring (bicyclic) bond motifs is 8. The van der Waals surface area contributed by atoms with Crippen LogP contribution in [0, 0.1) is 0 Å². The third-order valence-electron chi connectivity index (χ3n) is 24.0. The maximum atomic E-state index is 8.62. The van der Waals surface area contributed by atoms with Gasteiger partial charge in [-0.25, -0.2) is 29.9 Å². The molecule has 6 heterocycles. The molecule has 0 aliphatic carbocycles. The summed E-state index contributed by atoms with van der Waals surface area (Å²) in [7, 11) is 0. The number of aromatic nitrogens is 9. The molecule has 0 saturated heterocycles. The Hall–Kier alpha value is -17.8. The molecule has 6 aromatic heterocycles. The maximum Gasteiger partial charge on any atom is 0.159 e. The fraction of sp³-hybridized carbons (Fsp3) is 0. The van der Waals surface area contributed by atoms with Crippen molar-refractivity contribution in [1.29, 1.82) is 0 Å². The highest BCUT2D eigenvalue weighted by Crippen LogP contribution is 2.45. The molecule has 0 radical (unpaired) electrons. The van der Waals surface area contributed by atoms with E-state index < -0.39 is 36.3 Å². The first-order valence-corrected chi connectivity index (χ1v) is 43.5. The predicted octanol–water partition coefficient (Wildman–Crippen LogP) is 31.5. The second kappa shape index (κ2) is 36.3. The quantitative estimate of drug-likeness (QED) is 0.0925. The largest absolute Gasteiger partial charge is 0.264 e. The summed E-state index contributed by atoms with van der Waals surface area (Å²) in [4.78, 5) is 42.3. The first-order valence-electron chi connectivity index (χ1n) is 48.5. The highest BCUT2D eigenvalue weighted by Gasteiger charge is 2.22. The highest BCUT2D eigenvalue weighted by atomic mass is 14.9. The Labute approximate surface area is 779 Å². The third-order valence-corrected chi connectivity index (χ3v) is 24.0. The van der Waals surface area contributed by atoms with E-state index in [-0.39, 0.29) is 46.9 Å². The summed E-state index contributed by atoms with van der Waals surface area (Å²) in [6.45, 7) is 0. The minimum Gasteiger partial charge on any atom is -0.264 e. The van der Waals surface area contributed by atoms with Crippen LogP contribution in [0.3, 0.4) is 0 Å². The molecule has 24 rings (SSSR count). The number of hydrogen-bond donors (Lipinski definition) is 0. The molecule has 18 aromatic carbocycles. The zero-order valence-electron chi connectivity index (χ0n) is 81.0. The van der Waals surface area contributed by atoms with Gasteiger partial charge in [-0.05, 0) is 204 Å². The van der Waals surface area contributed by atoms with Gasteiger partial charge >= 0.3 is 0 Å². The van der Waals surface area contributed by atoms with E-state index in [1.54, 1.807) is 31.0 Å². The SMILES string of the molecule is [2H]c1c([2H])c([2H])c(-c2ncc(-c3cccc(-c4cccnc4)c3)c(-c3cccc(-c4cc5ccccc5c5ccccc45)c3)n2)c([2H])c1[2H].[2H]c1c([2H])c([2H])c(-c2ncc(-c3cccc(-c4cccnc4)c3)c(-c3cccc(-c4cccc5ccccc45)c3)n2)c([2H])c1[2H].c1cncc(-c2cccc(-c3cnc(-c4ccc5ccccc5c4)nc3-c3cccc(-c4cc5ccccc5c5ccccc45)c3)c2)c1. The van der Waals surface area contributed by atoms with Crippen molar-refractivity contribution >= 4 is 64.6 Å². The van der Waals surface area contributed by atoms with Gasteiger partial charge in [0.1, 0.15) is 0 Å². The van der Waals surface area contributed by atoms with Crippen molar-refractivity contribution < 1.29 is 13.7 Å². The van der Waals surface area contributed by atoms with Gasteiger partial charge in [-0.2, -0.15) is 0 Å². The van der Waals surface area contributed by atoms with E-state index in [0.29, 0.717) is 17.2 Å². The van der Waals surface area contributed by atoms with Crippen LogP contribution < -0.4 is 0 Å². The number of pyridine rings is 3. The van der Waals surface area contributed by atoms with E-state index in [0.717, 1.165) is 144 Å². The summed E-state index contributed by atoms with van der Waals surface area (Å²) in [6.07, 6.45) is 16.1. The van der Waals surface area contributed by atoms with Crippen molar-refractivity contribution in [3.05, 3.63) is 492 Å². The van der Waals surface area contributed by atoms with E-state index >= 15 is 0 Å². The van der Waals surface area contributed by atoms with Gasteiger partial charge in [-0.1, -0.05) is 364 Å². The van der Waals surface area contributed by atoms with Gasteiger partial charge in [0.05, 0.1) is 30.8 Å². The van der Waals surface area contributed by atoms with Crippen LogP contribution >= 0.6 is 0 Å². The fourth-order valence-electron chi connectivity index (χ4n) is 17.6. The molecule has 0 amide bonds. The highest BCUT2D eigenvalue weighted by molar-refractivity contribution is 6.15. The van der Waals surface area contributed by atoms with Crippen LogP contribution in [0.2, 0.25) is 0 Å². The van der Waals surface area contributed by atoms with Crippen LogP contribution in [-0.4, -0.2) is 44.9 Å². The standard InChI is InChI=1S/C45H29N3.C41H27N3.C37H25N3/c1-2-11-31-25-37(22-21-30(31)10-1)45-47-29-43(34-15-7-13-32(24-34)38-17-9-23-46-28-38)44(48-45)36-16-8-14-33(26-36)42-27-35-12-3-4-18-39(35)40-19-5-6-20-41(40)42;1-2-11-28(12-3-1)41-43-27-39(31-16-8-14-29(23-31)34-18-10-22-42-26-34)40(44-41)33-17-9-15-30(24-33)38-25-32-13-4-5-19-35(32)36-20-6-7-21-37(36)38;1-2-11-27(12-3-1)37-39-25-35(30-16-6-14-28(22-30)32-18-9-21-38-24-32)36(40-37)31-17-7-15-29(23-31)34-20-8-13-26-10-4-5-19-33(26)34/h1-29H;1-27H;1-25H/i;2*1D,2D,3D,11D,12D. The first kappa shape index (κ1) is 69.4. The summed E-state index contributed by atoms with van der Waals surface area (Å²) in [5.41, 5.74) is 23.4. The molecular formula is C123H81N9. The molecule has 24 aromatic rings. The van der Waals surface area contributed by atoms with Gasteiger partial charge in [0.15, 0.2) is 17.5 Å². The summed E-state index contributed by atoms with van der Waals surface area (Å²) >= 11 is 0. The van der Waals surface area contributed by atoms with Gasteiger partial charge < -0.3 is 0 Å². The topological polar surface area (TPSA) is 116 Å². The molecule has 9 nitrogen and oxygen atoms in total. The average Bonchev–Trinajstić information content (AvgIpc) is 0.762. The summed E-state index contributed by atoms with van der Waals surface area (Å²) in [6, 6.07) is 125. The van der Waals surface area contributed by atoms with Crippen molar-refractivity contribution in [2.24, 2.45) is 0 Å². The Morgan fingerprint density at radius 3 is 0.871 bits per heavy atom. The molecule has 0 bridgehead atoms. The zero-order chi connectivity index (χ0) is 96.6. The fourth-order valence-corrected chi connectivity index (χ4v) is 17.6. The molecule has 0 saturated carbocycles. The van der Waals surface area contributed by atoms with Crippen molar-refractivity contribution in [3.63, 3.8) is 0 Å². The van der Waals surface area contributed by atoms with Gasteiger partial charge in [-0.15, -0.1) is 0 Å². The predicted molar refractivity (Wildman–Crippen MR) is 546 cm³/mol. The zero-order valence-corrected chi connectivity index (χ0v) is 71.0. The molecule has 132 heavy (non-hydrogen) atoms. The van der Waals surface area contributed by atoms with Gasteiger partial charge in [0, 0.05) is 123 Å². The Morgan fingerprint density at radius 1 is 0.159 bits per heavy atom. The molecule has 0 aliphatic heterocycles. The Morgan fingerprint density at radius 2 is 0.462 bits per heavy atom. The lowest BCUT2D eigenvalue weighted by Crippen LogP contribution is -1.97. The van der Waals surface area contributed by atoms with Crippen molar-refractivity contribution in [2.75, 3.05) is 0 Å². The Bertz CT molecular complexity index is 9030. The lowest BCUT2D eigenvalue weighted by Gasteiger charge is -2.15. The minimum atomic E-state index is -0.460. The number of rotatable bonds is 15. The molecule has 0 aliphatic rings. The van der Waals surface area contributed by atoms with Crippen LogP contribution in [0.5, 0.6) is 0 Å². The first-order chi connectivity index (χ1) is 69.6. The number of benzene rings is 18. The lowest BCUT2D eigenvalue weighted by atomic mass is 9.91. The van der Waals surface area contributed by atoms with Gasteiger partial charge in [0.25, 0.3) is 0 Å². The van der Waals surface area contributed by atoms with Crippen LogP contribution in [0.4, 0.5) is 0 Å². The smallest absolute Gasteiger partial charge is 0.159 e. The average molecular weight is 1700 g/mol. The minimum absolute atomic E-state index is 0.0388. The molecule has 9 heteroatoms. The number of hydrogen-bond acceptors (Lipinski definition) is 9. The Balaban J connectivity index is 0.000000122. The molecule has 0 spiro atoms. The van der Waals surface area contributed by atoms with E-state index in [4.69, 9.17) is 33.6 Å². The van der Waals surface area contributed by atoms with Gasteiger partial charge in [0.2, 0.25) is 0 Å². The second-order valence-electron chi connectivity index (χ2n) is 32.0. The molecule has 0 N–H and O–H groups in total. The molecule has 0 unspecified atom stereocenters. The van der Waals surface area contributed by atoms with Crippen LogP contribution in [0.15, 0.2) is 492 Å². The van der Waals surface area contributed by atoms with E-state index in [1.807, 2.05) is 140 Å². The second-order valence-corrected chi connectivity index (χ2v) is 32.0.